The molecule has 0 aromatic rings. The molecular formula is C11H21NO. The van der Waals surface area contributed by atoms with Crippen molar-refractivity contribution in [1.82, 2.24) is 4.90 Å². The minimum absolute atomic E-state index is 0.859. The lowest BCUT2D eigenvalue weighted by Gasteiger charge is -2.40. The molecule has 1 heterocycles. The zero-order valence-electron chi connectivity index (χ0n) is 8.67. The van der Waals surface area contributed by atoms with E-state index in [0.29, 0.717) is 0 Å². The summed E-state index contributed by atoms with van der Waals surface area (Å²) in [6.07, 6.45) is 5.73. The Morgan fingerprint density at radius 3 is 2.46 bits per heavy atom. The van der Waals surface area contributed by atoms with Crippen molar-refractivity contribution in [1.29, 1.82) is 0 Å². The summed E-state index contributed by atoms with van der Waals surface area (Å²) < 4.78 is 5.38. The molecule has 0 aromatic heterocycles. The Bertz CT molecular complexity index is 154. The van der Waals surface area contributed by atoms with Gasteiger partial charge in [0, 0.05) is 19.1 Å². The van der Waals surface area contributed by atoms with Crippen LogP contribution in [-0.4, -0.2) is 37.2 Å². The van der Waals surface area contributed by atoms with Gasteiger partial charge in [-0.05, 0) is 18.8 Å². The van der Waals surface area contributed by atoms with E-state index in [-0.39, 0.29) is 0 Å². The van der Waals surface area contributed by atoms with Gasteiger partial charge in [0.1, 0.15) is 0 Å². The summed E-state index contributed by atoms with van der Waals surface area (Å²) >= 11 is 0. The van der Waals surface area contributed by atoms with E-state index in [4.69, 9.17) is 4.74 Å². The first-order valence-corrected chi connectivity index (χ1v) is 5.70. The maximum atomic E-state index is 5.38. The second-order valence-corrected chi connectivity index (χ2v) is 4.48. The van der Waals surface area contributed by atoms with Crippen LogP contribution >= 0.6 is 0 Å². The SMILES string of the molecule is CC1CCCCC1N1CCOCC1. The Labute approximate surface area is 81.3 Å². The molecule has 76 valence electrons. The molecule has 2 aliphatic rings. The van der Waals surface area contributed by atoms with Crippen LogP contribution < -0.4 is 0 Å². The minimum Gasteiger partial charge on any atom is -0.379 e. The fourth-order valence-electron chi connectivity index (χ4n) is 2.75. The Kier molecular flexibility index (Phi) is 3.23. The Balaban J connectivity index is 1.88. The molecule has 0 spiro atoms. The van der Waals surface area contributed by atoms with E-state index in [1.807, 2.05) is 0 Å². The third-order valence-electron chi connectivity index (χ3n) is 3.58. The minimum atomic E-state index is 0.859. The summed E-state index contributed by atoms with van der Waals surface area (Å²) in [5, 5.41) is 0. The number of hydrogen-bond acceptors (Lipinski definition) is 2. The highest BCUT2D eigenvalue weighted by atomic mass is 16.5. The molecule has 0 N–H and O–H groups in total. The largest absolute Gasteiger partial charge is 0.379 e. The molecule has 2 rings (SSSR count). The van der Waals surface area contributed by atoms with E-state index in [2.05, 4.69) is 11.8 Å². The molecule has 1 saturated heterocycles. The van der Waals surface area contributed by atoms with Crippen molar-refractivity contribution in [2.75, 3.05) is 26.3 Å². The first kappa shape index (κ1) is 9.47. The quantitative estimate of drug-likeness (QED) is 0.615. The van der Waals surface area contributed by atoms with Crippen molar-refractivity contribution in [3.63, 3.8) is 0 Å². The molecule has 0 amide bonds. The van der Waals surface area contributed by atoms with E-state index in [1.54, 1.807) is 0 Å². The van der Waals surface area contributed by atoms with Crippen LogP contribution in [-0.2, 0) is 4.74 Å². The molecule has 2 fully saturated rings. The average molecular weight is 183 g/mol. The second-order valence-electron chi connectivity index (χ2n) is 4.48. The topological polar surface area (TPSA) is 12.5 Å². The fraction of sp³-hybridized carbons (Fsp3) is 1.00. The smallest absolute Gasteiger partial charge is 0.0594 e. The summed E-state index contributed by atoms with van der Waals surface area (Å²) in [4.78, 5) is 2.65. The number of morpholine rings is 1. The van der Waals surface area contributed by atoms with Gasteiger partial charge in [0.25, 0.3) is 0 Å². The number of hydrogen-bond donors (Lipinski definition) is 0. The molecule has 2 atom stereocenters. The lowest BCUT2D eigenvalue weighted by Crippen LogP contribution is -2.47. The molecule has 0 bridgehead atoms. The van der Waals surface area contributed by atoms with Crippen LogP contribution in [0.25, 0.3) is 0 Å². The molecule has 1 aliphatic heterocycles. The predicted octanol–water partition coefficient (Wildman–Crippen LogP) is 1.90. The van der Waals surface area contributed by atoms with Gasteiger partial charge in [-0.3, -0.25) is 4.90 Å². The van der Waals surface area contributed by atoms with Gasteiger partial charge in [-0.1, -0.05) is 19.8 Å². The zero-order valence-corrected chi connectivity index (χ0v) is 8.67. The third kappa shape index (κ3) is 2.23. The van der Waals surface area contributed by atoms with Gasteiger partial charge in [-0.2, -0.15) is 0 Å². The Hall–Kier alpha value is -0.0800. The Morgan fingerprint density at radius 1 is 1.08 bits per heavy atom. The molecule has 0 aromatic carbocycles. The van der Waals surface area contributed by atoms with Crippen molar-refractivity contribution >= 4 is 0 Å². The van der Waals surface area contributed by atoms with Crippen molar-refractivity contribution < 1.29 is 4.74 Å². The molecule has 2 nitrogen and oxygen atoms in total. The molecule has 13 heavy (non-hydrogen) atoms. The monoisotopic (exact) mass is 183 g/mol. The van der Waals surface area contributed by atoms with Gasteiger partial charge < -0.3 is 4.74 Å². The summed E-state index contributed by atoms with van der Waals surface area (Å²) in [6.45, 7) is 6.63. The van der Waals surface area contributed by atoms with Gasteiger partial charge in [-0.15, -0.1) is 0 Å². The van der Waals surface area contributed by atoms with Crippen LogP contribution in [0.15, 0.2) is 0 Å². The zero-order chi connectivity index (χ0) is 9.10. The van der Waals surface area contributed by atoms with Crippen molar-refractivity contribution in [3.05, 3.63) is 0 Å². The highest BCUT2D eigenvalue weighted by molar-refractivity contribution is 4.81. The molecule has 1 saturated carbocycles. The van der Waals surface area contributed by atoms with Gasteiger partial charge in [0.15, 0.2) is 0 Å². The molecule has 1 aliphatic carbocycles. The van der Waals surface area contributed by atoms with Crippen LogP contribution in [0.1, 0.15) is 32.6 Å². The predicted molar refractivity (Wildman–Crippen MR) is 53.8 cm³/mol. The second kappa shape index (κ2) is 4.43. The molecular weight excluding hydrogens is 162 g/mol. The summed E-state index contributed by atoms with van der Waals surface area (Å²) in [7, 11) is 0. The van der Waals surface area contributed by atoms with Crippen LogP contribution in [0.2, 0.25) is 0 Å². The normalized spacial score (nSPS) is 37.6. The van der Waals surface area contributed by atoms with Crippen molar-refractivity contribution in [3.8, 4) is 0 Å². The molecule has 2 heteroatoms. The fourth-order valence-corrected chi connectivity index (χ4v) is 2.75. The van der Waals surface area contributed by atoms with Crippen molar-refractivity contribution in [2.45, 2.75) is 38.6 Å². The summed E-state index contributed by atoms with van der Waals surface area (Å²) in [5.41, 5.74) is 0. The third-order valence-corrected chi connectivity index (χ3v) is 3.58. The number of rotatable bonds is 1. The number of ether oxygens (including phenoxy) is 1. The van der Waals surface area contributed by atoms with E-state index in [1.165, 1.54) is 25.7 Å². The van der Waals surface area contributed by atoms with Gasteiger partial charge >= 0.3 is 0 Å². The molecule has 0 radical (unpaired) electrons. The molecule has 2 unspecified atom stereocenters. The van der Waals surface area contributed by atoms with Crippen LogP contribution in [0.3, 0.4) is 0 Å². The number of nitrogens with zero attached hydrogens (tertiary/aromatic N) is 1. The lowest BCUT2D eigenvalue weighted by atomic mass is 9.85. The van der Waals surface area contributed by atoms with Gasteiger partial charge in [-0.25, -0.2) is 0 Å². The summed E-state index contributed by atoms with van der Waals surface area (Å²) in [6, 6.07) is 0.859. The van der Waals surface area contributed by atoms with E-state index >= 15 is 0 Å². The van der Waals surface area contributed by atoms with Crippen LogP contribution in [0.5, 0.6) is 0 Å². The highest BCUT2D eigenvalue weighted by Gasteiger charge is 2.27. The first-order chi connectivity index (χ1) is 6.38. The first-order valence-electron chi connectivity index (χ1n) is 5.70. The van der Waals surface area contributed by atoms with E-state index < -0.39 is 0 Å². The van der Waals surface area contributed by atoms with Crippen LogP contribution in [0, 0.1) is 5.92 Å². The van der Waals surface area contributed by atoms with Gasteiger partial charge in [0.05, 0.1) is 13.2 Å². The van der Waals surface area contributed by atoms with Crippen LogP contribution in [0.4, 0.5) is 0 Å². The summed E-state index contributed by atoms with van der Waals surface area (Å²) in [5.74, 6) is 0.909. The van der Waals surface area contributed by atoms with E-state index in [0.717, 1.165) is 38.3 Å². The van der Waals surface area contributed by atoms with E-state index in [9.17, 15) is 0 Å². The van der Waals surface area contributed by atoms with Crippen molar-refractivity contribution in [2.24, 2.45) is 5.92 Å². The Morgan fingerprint density at radius 2 is 1.77 bits per heavy atom. The average Bonchev–Trinajstić information content (AvgIpc) is 2.20. The standard InChI is InChI=1S/C11H21NO/c1-10-4-2-3-5-11(10)12-6-8-13-9-7-12/h10-11H,2-9H2,1H3. The maximum Gasteiger partial charge on any atom is 0.0594 e. The highest BCUT2D eigenvalue weighted by Crippen LogP contribution is 2.28. The van der Waals surface area contributed by atoms with Gasteiger partial charge in [0.2, 0.25) is 0 Å². The lowest BCUT2D eigenvalue weighted by molar-refractivity contribution is -0.00460. The maximum absolute atomic E-state index is 5.38.